The third-order valence-corrected chi connectivity index (χ3v) is 4.17. The highest BCUT2D eigenvalue weighted by molar-refractivity contribution is 6.29. The smallest absolute Gasteiger partial charge is 0.410 e. The van der Waals surface area contributed by atoms with Gasteiger partial charge < -0.3 is 15.4 Å². The molecule has 1 aliphatic heterocycles. The highest BCUT2D eigenvalue weighted by atomic mass is 35.5. The number of carbonyl (C=O) groups excluding carboxylic acids is 1. The summed E-state index contributed by atoms with van der Waals surface area (Å²) in [6, 6.07) is 5.40. The largest absolute Gasteiger partial charge is 0.444 e. The number of amides is 1. The van der Waals surface area contributed by atoms with E-state index in [-0.39, 0.29) is 12.1 Å². The predicted octanol–water partition coefficient (Wildman–Crippen LogP) is 3.27. The summed E-state index contributed by atoms with van der Waals surface area (Å²) in [6.07, 6.45) is 4.58. The van der Waals surface area contributed by atoms with Crippen LogP contribution in [0.4, 0.5) is 4.79 Å². The van der Waals surface area contributed by atoms with Gasteiger partial charge in [-0.1, -0.05) is 11.6 Å². The first kappa shape index (κ1) is 19.1. The molecule has 2 N–H and O–H groups in total. The molecule has 0 spiro atoms. The minimum atomic E-state index is -0.499. The summed E-state index contributed by atoms with van der Waals surface area (Å²) in [4.78, 5) is 26.7. The van der Waals surface area contributed by atoms with E-state index < -0.39 is 5.60 Å². The fraction of sp³-hybridized carbons (Fsp3) is 0.368. The van der Waals surface area contributed by atoms with Gasteiger partial charge in [-0.3, -0.25) is 9.98 Å². The number of allylic oxidation sites excluding steroid dienone is 1. The molecule has 142 valence electrons. The van der Waals surface area contributed by atoms with Gasteiger partial charge in [0.1, 0.15) is 10.8 Å². The summed E-state index contributed by atoms with van der Waals surface area (Å²) in [5.74, 6) is 0. The topological polar surface area (TPSA) is 93.7 Å². The lowest BCUT2D eigenvalue weighted by molar-refractivity contribution is 0.00911. The molecular weight excluding hydrogens is 366 g/mol. The average Bonchev–Trinajstić information content (AvgIpc) is 2.54. The Balaban J connectivity index is 1.64. The number of hydrogen-bond acceptors (Lipinski definition) is 6. The van der Waals surface area contributed by atoms with Crippen LogP contribution >= 0.6 is 11.6 Å². The highest BCUT2D eigenvalue weighted by Crippen LogP contribution is 2.20. The van der Waals surface area contributed by atoms with Crippen LogP contribution in [0.3, 0.4) is 0 Å². The Kier molecular flexibility index (Phi) is 5.32. The molecule has 1 fully saturated rings. The lowest BCUT2D eigenvalue weighted by atomic mass is 10.1. The van der Waals surface area contributed by atoms with Crippen LogP contribution in [0.15, 0.2) is 35.6 Å². The van der Waals surface area contributed by atoms with E-state index in [0.717, 1.165) is 16.7 Å². The van der Waals surface area contributed by atoms with Gasteiger partial charge in [0.2, 0.25) is 0 Å². The Labute approximate surface area is 162 Å². The Hall–Kier alpha value is -2.67. The molecule has 0 radical (unpaired) electrons. The van der Waals surface area contributed by atoms with Crippen molar-refractivity contribution in [3.05, 3.63) is 41.3 Å². The predicted molar refractivity (Wildman–Crippen MR) is 107 cm³/mol. The van der Waals surface area contributed by atoms with Crippen LogP contribution in [0.25, 0.3) is 16.6 Å². The minimum Gasteiger partial charge on any atom is -0.444 e. The third-order valence-electron chi connectivity index (χ3n) is 3.95. The number of aliphatic imine (C=N–C) groups is 1. The highest BCUT2D eigenvalue weighted by Gasteiger charge is 2.33. The number of pyridine rings is 2. The molecule has 0 saturated carbocycles. The summed E-state index contributed by atoms with van der Waals surface area (Å²) in [7, 11) is 0. The fourth-order valence-corrected chi connectivity index (χ4v) is 2.72. The number of rotatable bonds is 3. The molecule has 3 rings (SSSR count). The first-order valence-electron chi connectivity index (χ1n) is 8.61. The molecule has 0 bridgehead atoms. The maximum Gasteiger partial charge on any atom is 0.410 e. The number of fused-ring (bicyclic) bond motifs is 1. The second-order valence-corrected chi connectivity index (χ2v) is 7.72. The van der Waals surface area contributed by atoms with Crippen LogP contribution < -0.4 is 5.73 Å². The normalized spacial score (nSPS) is 16.0. The molecule has 3 heterocycles. The zero-order chi connectivity index (χ0) is 19.6. The van der Waals surface area contributed by atoms with Crippen molar-refractivity contribution in [3.63, 3.8) is 0 Å². The van der Waals surface area contributed by atoms with E-state index >= 15 is 0 Å². The standard InChI is InChI=1S/C19H22ClN5O2/c1-19(2,3)27-18(26)25-10-14(11-25)22-9-13(7-21)12-6-16-15(23-8-12)4-5-17(20)24-16/h4-9,14H,10-11,21H2,1-3H3. The SMILES string of the molecule is CC(C)(C)OC(=O)N1CC(N=CC(=CN)c2cnc3ccc(Cl)nc3c2)C1. The maximum absolute atomic E-state index is 11.9. The van der Waals surface area contributed by atoms with Gasteiger partial charge in [0, 0.05) is 42.8 Å². The van der Waals surface area contributed by atoms with Crippen molar-refractivity contribution < 1.29 is 9.53 Å². The van der Waals surface area contributed by atoms with Crippen LogP contribution in [0.1, 0.15) is 26.3 Å². The summed E-state index contributed by atoms with van der Waals surface area (Å²) >= 11 is 5.95. The number of hydrogen-bond donors (Lipinski definition) is 1. The summed E-state index contributed by atoms with van der Waals surface area (Å²) in [6.45, 7) is 6.58. The van der Waals surface area contributed by atoms with E-state index in [0.29, 0.717) is 23.8 Å². The van der Waals surface area contributed by atoms with Gasteiger partial charge >= 0.3 is 6.09 Å². The molecule has 1 amide bonds. The van der Waals surface area contributed by atoms with Crippen LogP contribution in [-0.4, -0.2) is 51.9 Å². The Bertz CT molecular complexity index is 914. The summed E-state index contributed by atoms with van der Waals surface area (Å²) in [5.41, 5.74) is 8.22. The van der Waals surface area contributed by atoms with E-state index in [1.54, 1.807) is 23.4 Å². The second-order valence-electron chi connectivity index (χ2n) is 7.34. The van der Waals surface area contributed by atoms with Crippen molar-refractivity contribution in [3.8, 4) is 0 Å². The number of carbonyl (C=O) groups is 1. The Morgan fingerprint density at radius 1 is 1.37 bits per heavy atom. The molecule has 0 unspecified atom stereocenters. The number of nitrogens with zero attached hydrogens (tertiary/aromatic N) is 4. The van der Waals surface area contributed by atoms with Gasteiger partial charge in [0.25, 0.3) is 0 Å². The van der Waals surface area contributed by atoms with E-state index in [9.17, 15) is 4.79 Å². The van der Waals surface area contributed by atoms with Gasteiger partial charge in [-0.2, -0.15) is 0 Å². The van der Waals surface area contributed by atoms with E-state index in [1.165, 1.54) is 6.20 Å². The molecule has 0 atom stereocenters. The second kappa shape index (κ2) is 7.52. The molecule has 2 aromatic rings. The number of nitrogens with two attached hydrogens (primary N) is 1. The number of halogens is 1. The zero-order valence-corrected chi connectivity index (χ0v) is 16.3. The van der Waals surface area contributed by atoms with Crippen molar-refractivity contribution in [2.24, 2.45) is 10.7 Å². The average molecular weight is 388 g/mol. The van der Waals surface area contributed by atoms with E-state index in [1.807, 2.05) is 32.9 Å². The zero-order valence-electron chi connectivity index (χ0n) is 15.5. The van der Waals surface area contributed by atoms with Crippen molar-refractivity contribution in [1.82, 2.24) is 14.9 Å². The molecule has 1 saturated heterocycles. The molecule has 27 heavy (non-hydrogen) atoms. The van der Waals surface area contributed by atoms with Gasteiger partial charge in [0.05, 0.1) is 17.1 Å². The van der Waals surface area contributed by atoms with Crippen molar-refractivity contribution in [2.45, 2.75) is 32.4 Å². The fourth-order valence-electron chi connectivity index (χ4n) is 2.56. The van der Waals surface area contributed by atoms with Gasteiger partial charge in [-0.05, 0) is 39.0 Å². The monoisotopic (exact) mass is 387 g/mol. The van der Waals surface area contributed by atoms with Crippen molar-refractivity contribution in [1.29, 1.82) is 0 Å². The molecule has 7 nitrogen and oxygen atoms in total. The van der Waals surface area contributed by atoms with E-state index in [2.05, 4.69) is 15.0 Å². The number of ether oxygens (including phenoxy) is 1. The summed E-state index contributed by atoms with van der Waals surface area (Å²) < 4.78 is 5.33. The lowest BCUT2D eigenvalue weighted by Crippen LogP contribution is -2.54. The Morgan fingerprint density at radius 2 is 2.11 bits per heavy atom. The summed E-state index contributed by atoms with van der Waals surface area (Å²) in [5, 5.41) is 0.407. The van der Waals surface area contributed by atoms with Crippen LogP contribution in [-0.2, 0) is 4.74 Å². The number of aromatic nitrogens is 2. The van der Waals surface area contributed by atoms with Crippen molar-refractivity contribution in [2.75, 3.05) is 13.1 Å². The van der Waals surface area contributed by atoms with Crippen LogP contribution in [0.2, 0.25) is 5.15 Å². The first-order chi connectivity index (χ1) is 12.7. The molecule has 2 aromatic heterocycles. The quantitative estimate of drug-likeness (QED) is 0.644. The lowest BCUT2D eigenvalue weighted by Gasteiger charge is -2.37. The maximum atomic E-state index is 11.9. The minimum absolute atomic E-state index is 0.0217. The third kappa shape index (κ3) is 4.74. The number of likely N-dealkylation sites (tertiary alicyclic amines) is 1. The van der Waals surface area contributed by atoms with Gasteiger partial charge in [-0.25, -0.2) is 9.78 Å². The Morgan fingerprint density at radius 3 is 2.78 bits per heavy atom. The molecule has 0 aromatic carbocycles. The van der Waals surface area contributed by atoms with Crippen LogP contribution in [0.5, 0.6) is 0 Å². The van der Waals surface area contributed by atoms with Crippen molar-refractivity contribution >= 4 is 40.5 Å². The van der Waals surface area contributed by atoms with Gasteiger partial charge in [-0.15, -0.1) is 0 Å². The molecular formula is C19H22ClN5O2. The van der Waals surface area contributed by atoms with Gasteiger partial charge in [0.15, 0.2) is 0 Å². The van der Waals surface area contributed by atoms with Crippen LogP contribution in [0, 0.1) is 0 Å². The first-order valence-corrected chi connectivity index (χ1v) is 8.98. The van der Waals surface area contributed by atoms with E-state index in [4.69, 9.17) is 22.1 Å². The molecule has 8 heteroatoms. The molecule has 1 aliphatic rings. The molecule has 0 aliphatic carbocycles.